The molecule has 0 unspecified atom stereocenters. The van der Waals surface area contributed by atoms with E-state index in [1.807, 2.05) is 0 Å². The number of carboxylic acid groups (broad SMARTS) is 1. The van der Waals surface area contributed by atoms with Crippen molar-refractivity contribution in [2.75, 3.05) is 6.54 Å². The van der Waals surface area contributed by atoms with Crippen LogP contribution in [0, 0.1) is 0 Å². The summed E-state index contributed by atoms with van der Waals surface area (Å²) in [4.78, 5) is 26.1. The van der Waals surface area contributed by atoms with E-state index in [2.05, 4.69) is 15.6 Å². The number of hydrogen-bond acceptors (Lipinski definition) is 5. The highest BCUT2D eigenvalue weighted by atomic mass is 32.1. The van der Waals surface area contributed by atoms with Crippen LogP contribution < -0.4 is 10.6 Å². The van der Waals surface area contributed by atoms with E-state index in [1.54, 1.807) is 0 Å². The van der Waals surface area contributed by atoms with Crippen LogP contribution in [0.3, 0.4) is 0 Å². The normalized spacial score (nSPS) is 19.2. The molecule has 2 heterocycles. The first-order valence-corrected chi connectivity index (χ1v) is 6.23. The summed E-state index contributed by atoms with van der Waals surface area (Å²) in [5.41, 5.74) is 0.0261. The molecule has 1 atom stereocenters. The van der Waals surface area contributed by atoms with Gasteiger partial charge in [-0.25, -0.2) is 9.78 Å². The average molecular weight is 255 g/mol. The molecule has 3 N–H and O–H groups in total. The van der Waals surface area contributed by atoms with Gasteiger partial charge in [0, 0.05) is 5.38 Å². The van der Waals surface area contributed by atoms with Gasteiger partial charge in [-0.05, 0) is 19.4 Å². The van der Waals surface area contributed by atoms with Crippen molar-refractivity contribution in [2.45, 2.75) is 25.4 Å². The Morgan fingerprint density at radius 1 is 1.65 bits per heavy atom. The summed E-state index contributed by atoms with van der Waals surface area (Å²) in [6, 6.07) is -0.117. The van der Waals surface area contributed by atoms with Crippen LogP contribution in [0.2, 0.25) is 0 Å². The van der Waals surface area contributed by atoms with Gasteiger partial charge in [-0.2, -0.15) is 0 Å². The molecule has 6 nitrogen and oxygen atoms in total. The van der Waals surface area contributed by atoms with Crippen molar-refractivity contribution in [3.63, 3.8) is 0 Å². The van der Waals surface area contributed by atoms with Gasteiger partial charge in [-0.3, -0.25) is 4.79 Å². The highest BCUT2D eigenvalue weighted by Gasteiger charge is 2.21. The zero-order chi connectivity index (χ0) is 12.3. The summed E-state index contributed by atoms with van der Waals surface area (Å²) in [6.45, 7) is 1.16. The first kappa shape index (κ1) is 12.0. The van der Waals surface area contributed by atoms with Crippen molar-refractivity contribution >= 4 is 23.2 Å². The Morgan fingerprint density at radius 3 is 3.06 bits per heavy atom. The van der Waals surface area contributed by atoms with Gasteiger partial charge in [0.05, 0.1) is 12.6 Å². The standard InChI is InChI=1S/C10H13N3O3S/c14-9(6-2-1-3-11-6)12-4-8-13-7(5-17-8)10(15)16/h5-6,11H,1-4H2,(H,12,14)(H,15,16)/t6-/m0/s1. The molecular formula is C10H13N3O3S. The Hall–Kier alpha value is -1.47. The molecule has 0 bridgehead atoms. The molecule has 0 saturated carbocycles. The number of amides is 1. The van der Waals surface area contributed by atoms with E-state index in [4.69, 9.17) is 5.11 Å². The Kier molecular flexibility index (Phi) is 3.70. The van der Waals surface area contributed by atoms with Crippen molar-refractivity contribution in [1.29, 1.82) is 0 Å². The van der Waals surface area contributed by atoms with Crippen LogP contribution in [0.25, 0.3) is 0 Å². The van der Waals surface area contributed by atoms with Gasteiger partial charge in [0.25, 0.3) is 0 Å². The third kappa shape index (κ3) is 3.01. The van der Waals surface area contributed by atoms with Gasteiger partial charge < -0.3 is 15.7 Å². The molecule has 17 heavy (non-hydrogen) atoms. The summed E-state index contributed by atoms with van der Waals surface area (Å²) in [7, 11) is 0. The minimum atomic E-state index is -1.05. The van der Waals surface area contributed by atoms with Crippen LogP contribution in [-0.4, -0.2) is 34.6 Å². The van der Waals surface area contributed by atoms with Gasteiger partial charge in [0.15, 0.2) is 5.69 Å². The molecule has 1 saturated heterocycles. The minimum absolute atomic E-state index is 0.0261. The number of carbonyl (C=O) groups excluding carboxylic acids is 1. The molecule has 2 rings (SSSR count). The number of hydrogen-bond donors (Lipinski definition) is 3. The molecule has 1 aromatic heterocycles. The molecule has 1 fully saturated rings. The monoisotopic (exact) mass is 255 g/mol. The van der Waals surface area contributed by atoms with Crippen LogP contribution in [0.4, 0.5) is 0 Å². The summed E-state index contributed by atoms with van der Waals surface area (Å²) in [5, 5.41) is 16.6. The molecular weight excluding hydrogens is 242 g/mol. The number of carbonyl (C=O) groups is 2. The Morgan fingerprint density at radius 2 is 2.47 bits per heavy atom. The number of aromatic nitrogens is 1. The van der Waals surface area contributed by atoms with Crippen LogP contribution in [-0.2, 0) is 11.3 Å². The molecule has 1 aromatic rings. The van der Waals surface area contributed by atoms with Crippen LogP contribution >= 0.6 is 11.3 Å². The fourth-order valence-corrected chi connectivity index (χ4v) is 2.39. The van der Waals surface area contributed by atoms with Crippen molar-refractivity contribution in [2.24, 2.45) is 0 Å². The zero-order valence-corrected chi connectivity index (χ0v) is 9.92. The second kappa shape index (κ2) is 5.24. The average Bonchev–Trinajstić information content (AvgIpc) is 2.97. The van der Waals surface area contributed by atoms with Crippen molar-refractivity contribution in [3.05, 3.63) is 16.1 Å². The number of thiazole rings is 1. The molecule has 1 aliphatic rings. The summed E-state index contributed by atoms with van der Waals surface area (Å²) in [6.07, 6.45) is 1.86. The second-order valence-electron chi connectivity index (χ2n) is 3.80. The SMILES string of the molecule is O=C(O)c1csc(CNC(=O)[C@@H]2CCCN2)n1. The maximum atomic E-state index is 11.6. The molecule has 0 aromatic carbocycles. The zero-order valence-electron chi connectivity index (χ0n) is 9.10. The number of rotatable bonds is 4. The third-order valence-corrected chi connectivity index (χ3v) is 3.41. The lowest BCUT2D eigenvalue weighted by Crippen LogP contribution is -2.39. The van der Waals surface area contributed by atoms with Crippen molar-refractivity contribution in [1.82, 2.24) is 15.6 Å². The fraction of sp³-hybridized carbons (Fsp3) is 0.500. The van der Waals surface area contributed by atoms with Crippen molar-refractivity contribution in [3.8, 4) is 0 Å². The predicted molar refractivity (Wildman–Crippen MR) is 61.9 cm³/mol. The number of nitrogens with zero attached hydrogens (tertiary/aromatic N) is 1. The number of nitrogens with one attached hydrogen (secondary N) is 2. The van der Waals surface area contributed by atoms with Crippen LogP contribution in [0.15, 0.2) is 5.38 Å². The molecule has 0 aliphatic carbocycles. The van der Waals surface area contributed by atoms with Crippen LogP contribution in [0.1, 0.15) is 28.3 Å². The van der Waals surface area contributed by atoms with Crippen molar-refractivity contribution < 1.29 is 14.7 Å². The molecule has 1 amide bonds. The Balaban J connectivity index is 1.84. The molecule has 0 spiro atoms. The summed E-state index contributed by atoms with van der Waals surface area (Å²) >= 11 is 1.24. The van der Waals surface area contributed by atoms with Gasteiger partial charge in [0.2, 0.25) is 5.91 Å². The van der Waals surface area contributed by atoms with Crippen LogP contribution in [0.5, 0.6) is 0 Å². The summed E-state index contributed by atoms with van der Waals surface area (Å²) in [5.74, 6) is -1.09. The van der Waals surface area contributed by atoms with E-state index in [1.165, 1.54) is 16.7 Å². The van der Waals surface area contributed by atoms with Gasteiger partial charge in [0.1, 0.15) is 5.01 Å². The van der Waals surface area contributed by atoms with E-state index in [0.717, 1.165) is 19.4 Å². The smallest absolute Gasteiger partial charge is 0.355 e. The molecule has 7 heteroatoms. The maximum Gasteiger partial charge on any atom is 0.355 e. The minimum Gasteiger partial charge on any atom is -0.476 e. The number of carboxylic acids is 1. The lowest BCUT2D eigenvalue weighted by molar-refractivity contribution is -0.122. The quantitative estimate of drug-likeness (QED) is 0.715. The van der Waals surface area contributed by atoms with Gasteiger partial charge in [-0.15, -0.1) is 11.3 Å². The maximum absolute atomic E-state index is 11.6. The summed E-state index contributed by atoms with van der Waals surface area (Å²) < 4.78 is 0. The third-order valence-electron chi connectivity index (χ3n) is 2.56. The van der Waals surface area contributed by atoms with E-state index in [0.29, 0.717) is 5.01 Å². The first-order valence-electron chi connectivity index (χ1n) is 5.35. The fourth-order valence-electron chi connectivity index (χ4n) is 1.68. The number of aromatic carboxylic acids is 1. The highest BCUT2D eigenvalue weighted by Crippen LogP contribution is 2.10. The highest BCUT2D eigenvalue weighted by molar-refractivity contribution is 7.09. The topological polar surface area (TPSA) is 91.3 Å². The predicted octanol–water partition coefficient (Wildman–Crippen LogP) is 0.209. The van der Waals surface area contributed by atoms with Gasteiger partial charge >= 0.3 is 5.97 Å². The lowest BCUT2D eigenvalue weighted by Gasteiger charge is -2.09. The first-order chi connectivity index (χ1) is 8.16. The molecule has 92 valence electrons. The Bertz CT molecular complexity index is 426. The van der Waals surface area contributed by atoms with E-state index in [9.17, 15) is 9.59 Å². The van der Waals surface area contributed by atoms with E-state index >= 15 is 0 Å². The second-order valence-corrected chi connectivity index (χ2v) is 4.74. The van der Waals surface area contributed by atoms with Gasteiger partial charge in [-0.1, -0.05) is 0 Å². The molecule has 1 aliphatic heterocycles. The van der Waals surface area contributed by atoms with E-state index in [-0.39, 0.29) is 24.2 Å². The Labute approximate surface area is 102 Å². The molecule has 0 radical (unpaired) electrons. The van der Waals surface area contributed by atoms with E-state index < -0.39 is 5.97 Å². The largest absolute Gasteiger partial charge is 0.476 e. The lowest BCUT2D eigenvalue weighted by atomic mass is 10.2.